The second-order valence-corrected chi connectivity index (χ2v) is 3.23. The monoisotopic (exact) mass is 180 g/mol. The lowest BCUT2D eigenvalue weighted by Gasteiger charge is -1.97. The summed E-state index contributed by atoms with van der Waals surface area (Å²) in [4.78, 5) is 16.0. The zero-order valence-electron chi connectivity index (χ0n) is 6.40. The molecule has 0 aliphatic carbocycles. The Hall–Kier alpha value is -1.29. The van der Waals surface area contributed by atoms with Crippen LogP contribution in [0.5, 0.6) is 0 Å². The first kappa shape index (κ1) is 7.36. The van der Waals surface area contributed by atoms with Gasteiger partial charge < -0.3 is 4.84 Å². The van der Waals surface area contributed by atoms with E-state index in [-0.39, 0.29) is 4.87 Å². The van der Waals surface area contributed by atoms with Gasteiger partial charge in [0.1, 0.15) is 12.6 Å². The van der Waals surface area contributed by atoms with Crippen LogP contribution in [-0.2, 0) is 0 Å². The minimum absolute atomic E-state index is 0.105. The largest absolute Gasteiger partial charge is 0.413 e. The van der Waals surface area contributed by atoms with Gasteiger partial charge in [0.15, 0.2) is 0 Å². The van der Waals surface area contributed by atoms with Gasteiger partial charge in [-0.05, 0) is 18.2 Å². The van der Waals surface area contributed by atoms with Crippen LogP contribution in [0.2, 0.25) is 0 Å². The van der Waals surface area contributed by atoms with E-state index < -0.39 is 0 Å². The van der Waals surface area contributed by atoms with Crippen molar-refractivity contribution in [2.24, 2.45) is 0 Å². The number of nitrogens with zero attached hydrogens (tertiary/aromatic N) is 1. The highest BCUT2D eigenvalue weighted by atomic mass is 32.1. The Morgan fingerprint density at radius 3 is 3.25 bits per heavy atom. The Labute approximate surface area is 72.8 Å². The third-order valence-corrected chi connectivity index (χ3v) is 2.46. The zero-order valence-corrected chi connectivity index (χ0v) is 7.22. The highest BCUT2D eigenvalue weighted by Gasteiger charge is 2.04. The van der Waals surface area contributed by atoms with Gasteiger partial charge in [-0.3, -0.25) is 4.79 Å². The first-order valence-electron chi connectivity index (χ1n) is 3.39. The summed E-state index contributed by atoms with van der Waals surface area (Å²) in [5.74, 6) is 0. The number of fused-ring (bicyclic) bond motifs is 1. The predicted octanol–water partition coefficient (Wildman–Crippen LogP) is 0.922. The molecule has 0 bridgehead atoms. The minimum atomic E-state index is -0.105. The summed E-state index contributed by atoms with van der Waals surface area (Å²) >= 11 is 1.15. The normalized spacial score (nSPS) is 10.4. The molecule has 0 unspecified atom stereocenters. The maximum Gasteiger partial charge on any atom is 0.340 e. The maximum atomic E-state index is 11.2. The summed E-state index contributed by atoms with van der Waals surface area (Å²) in [7, 11) is 1.48. The number of thiazole rings is 1. The van der Waals surface area contributed by atoms with Crippen LogP contribution >= 0.6 is 11.3 Å². The van der Waals surface area contributed by atoms with Crippen LogP contribution in [0.15, 0.2) is 23.0 Å². The average molecular weight is 180 g/mol. The molecule has 0 fully saturated rings. The second-order valence-electron chi connectivity index (χ2n) is 2.24. The molecule has 0 N–H and O–H groups in total. The third-order valence-electron chi connectivity index (χ3n) is 1.57. The minimum Gasteiger partial charge on any atom is -0.413 e. The summed E-state index contributed by atoms with van der Waals surface area (Å²) in [5, 5.41) is 0. The fourth-order valence-electron chi connectivity index (χ4n) is 1.06. The van der Waals surface area contributed by atoms with E-state index >= 15 is 0 Å². The van der Waals surface area contributed by atoms with Crippen molar-refractivity contribution in [1.82, 2.24) is 4.73 Å². The van der Waals surface area contributed by atoms with Crippen molar-refractivity contribution >= 4 is 21.6 Å². The van der Waals surface area contributed by atoms with Crippen molar-refractivity contribution in [2.75, 3.05) is 7.11 Å². The lowest BCUT2D eigenvalue weighted by Crippen LogP contribution is -2.18. The average Bonchev–Trinajstić information content (AvgIpc) is 2.40. The number of aromatic nitrogens is 1. The van der Waals surface area contributed by atoms with Crippen LogP contribution in [-0.4, -0.2) is 11.8 Å². The Morgan fingerprint density at radius 2 is 2.50 bits per heavy atom. The summed E-state index contributed by atoms with van der Waals surface area (Å²) in [6, 6.07) is 8.23. The zero-order chi connectivity index (χ0) is 8.55. The van der Waals surface area contributed by atoms with E-state index in [1.807, 2.05) is 0 Å². The first-order chi connectivity index (χ1) is 5.83. The number of hydrogen-bond donors (Lipinski definition) is 0. The molecule has 12 heavy (non-hydrogen) atoms. The van der Waals surface area contributed by atoms with Gasteiger partial charge in [-0.25, -0.2) is 0 Å². The van der Waals surface area contributed by atoms with E-state index in [0.29, 0.717) is 0 Å². The van der Waals surface area contributed by atoms with Crippen molar-refractivity contribution < 1.29 is 4.84 Å². The molecular weight excluding hydrogens is 174 g/mol. The van der Waals surface area contributed by atoms with Crippen LogP contribution in [0.25, 0.3) is 10.2 Å². The quantitative estimate of drug-likeness (QED) is 0.653. The standard InChI is InChI=1S/C8H6NO2S/c1-11-9-6-4-2-3-5-7(6)12-8(9)10/h2,4-5H,1H3. The van der Waals surface area contributed by atoms with Gasteiger partial charge in [0, 0.05) is 0 Å². The van der Waals surface area contributed by atoms with Crippen molar-refractivity contribution in [1.29, 1.82) is 0 Å². The summed E-state index contributed by atoms with van der Waals surface area (Å²) in [6.07, 6.45) is 0. The number of benzene rings is 1. The molecule has 4 heteroatoms. The van der Waals surface area contributed by atoms with E-state index in [2.05, 4.69) is 6.07 Å². The summed E-state index contributed by atoms with van der Waals surface area (Å²) in [5.41, 5.74) is 0.797. The van der Waals surface area contributed by atoms with E-state index in [1.54, 1.807) is 18.2 Å². The fraction of sp³-hybridized carbons (Fsp3) is 0.125. The molecule has 0 saturated carbocycles. The third kappa shape index (κ3) is 0.921. The van der Waals surface area contributed by atoms with Gasteiger partial charge in [0.2, 0.25) is 0 Å². The molecule has 1 heterocycles. The molecule has 1 aromatic carbocycles. The van der Waals surface area contributed by atoms with Crippen molar-refractivity contribution in [3.63, 3.8) is 0 Å². The van der Waals surface area contributed by atoms with E-state index in [9.17, 15) is 4.79 Å². The number of hydrogen-bond acceptors (Lipinski definition) is 3. The van der Waals surface area contributed by atoms with Crippen LogP contribution in [0.1, 0.15) is 0 Å². The molecule has 0 spiro atoms. The fourth-order valence-corrected chi connectivity index (χ4v) is 1.89. The van der Waals surface area contributed by atoms with Crippen LogP contribution < -0.4 is 9.71 Å². The molecule has 1 aromatic heterocycles. The van der Waals surface area contributed by atoms with Gasteiger partial charge >= 0.3 is 4.87 Å². The molecule has 0 saturated heterocycles. The van der Waals surface area contributed by atoms with Crippen LogP contribution in [0.3, 0.4) is 0 Å². The van der Waals surface area contributed by atoms with Gasteiger partial charge in [-0.15, -0.1) is 4.73 Å². The topological polar surface area (TPSA) is 31.2 Å². The highest BCUT2D eigenvalue weighted by molar-refractivity contribution is 7.16. The van der Waals surface area contributed by atoms with E-state index in [0.717, 1.165) is 21.6 Å². The van der Waals surface area contributed by atoms with Gasteiger partial charge in [0.25, 0.3) is 0 Å². The number of rotatable bonds is 1. The van der Waals surface area contributed by atoms with Crippen LogP contribution in [0.4, 0.5) is 0 Å². The molecule has 2 rings (SSSR count). The summed E-state index contributed by atoms with van der Waals surface area (Å²) in [6.45, 7) is 0. The Kier molecular flexibility index (Phi) is 1.62. The van der Waals surface area contributed by atoms with E-state index in [1.165, 1.54) is 11.8 Å². The maximum absolute atomic E-state index is 11.2. The van der Waals surface area contributed by atoms with Crippen LogP contribution in [0, 0.1) is 6.07 Å². The highest BCUT2D eigenvalue weighted by Crippen LogP contribution is 2.14. The van der Waals surface area contributed by atoms with Crippen molar-refractivity contribution in [2.45, 2.75) is 0 Å². The van der Waals surface area contributed by atoms with Crippen molar-refractivity contribution in [3.05, 3.63) is 33.9 Å². The molecule has 0 aliphatic heterocycles. The van der Waals surface area contributed by atoms with Gasteiger partial charge in [-0.2, -0.15) is 0 Å². The molecule has 3 nitrogen and oxygen atoms in total. The van der Waals surface area contributed by atoms with E-state index in [4.69, 9.17) is 4.84 Å². The Morgan fingerprint density at radius 1 is 1.67 bits per heavy atom. The Balaban J connectivity index is 2.91. The van der Waals surface area contributed by atoms with Crippen molar-refractivity contribution in [3.8, 4) is 0 Å². The second kappa shape index (κ2) is 2.64. The first-order valence-corrected chi connectivity index (χ1v) is 4.20. The smallest absolute Gasteiger partial charge is 0.340 e. The predicted molar refractivity (Wildman–Crippen MR) is 47.4 cm³/mol. The molecule has 61 valence electrons. The molecule has 0 amide bonds. The molecule has 0 atom stereocenters. The van der Waals surface area contributed by atoms with Gasteiger partial charge in [0.05, 0.1) is 4.70 Å². The Bertz CT molecular complexity index is 457. The summed E-state index contributed by atoms with van der Waals surface area (Å²) < 4.78 is 2.16. The lowest BCUT2D eigenvalue weighted by atomic mass is 10.3. The molecule has 0 aliphatic rings. The molecule has 1 radical (unpaired) electrons. The molecule has 2 aromatic rings. The SMILES string of the molecule is COn1c(=O)sc2c[c]ccc21. The van der Waals surface area contributed by atoms with Gasteiger partial charge in [-0.1, -0.05) is 17.4 Å². The lowest BCUT2D eigenvalue weighted by molar-refractivity contribution is 0.173. The molecular formula is C8H6NO2S.